The average molecular weight is 241 g/mol. The van der Waals surface area contributed by atoms with E-state index in [0.29, 0.717) is 0 Å². The lowest BCUT2D eigenvalue weighted by atomic mass is 10.3. The fraction of sp³-hybridized carbons (Fsp3) is 0.364. The Morgan fingerprint density at radius 1 is 1.50 bits per heavy atom. The largest absolute Gasteiger partial charge is 0.441 e. The Morgan fingerprint density at radius 2 is 2.19 bits per heavy atom. The maximum atomic E-state index is 12.4. The Hall–Kier alpha value is -1.23. The van der Waals surface area contributed by atoms with Gasteiger partial charge in [0.15, 0.2) is 0 Å². The number of ether oxygens (including phenoxy) is 1. The Kier molecular flexibility index (Phi) is 3.33. The number of hydrogen-bond acceptors (Lipinski definition) is 3. The van der Waals surface area contributed by atoms with Crippen molar-refractivity contribution in [3.8, 4) is 0 Å². The van der Waals surface area contributed by atoms with Crippen molar-refractivity contribution in [3.05, 3.63) is 24.3 Å². The number of nitrogens with zero attached hydrogens (tertiary/aromatic N) is 1. The van der Waals surface area contributed by atoms with Gasteiger partial charge in [0.25, 0.3) is 0 Å². The number of anilines is 1. The number of amides is 1. The molecule has 1 aliphatic rings. The van der Waals surface area contributed by atoms with Crippen molar-refractivity contribution < 1.29 is 13.9 Å². The lowest BCUT2D eigenvalue weighted by Crippen LogP contribution is -2.24. The highest BCUT2D eigenvalue weighted by Crippen LogP contribution is 2.24. The second-order valence-corrected chi connectivity index (χ2v) is 4.35. The summed E-state index contributed by atoms with van der Waals surface area (Å²) in [7, 11) is 0. The monoisotopic (exact) mass is 241 g/mol. The molecule has 1 unspecified atom stereocenters. The molecule has 0 N–H and O–H groups in total. The first-order valence-corrected chi connectivity index (χ1v) is 6.15. The molecule has 86 valence electrons. The van der Waals surface area contributed by atoms with Crippen LogP contribution in [0.3, 0.4) is 0 Å². The quantitative estimate of drug-likeness (QED) is 0.762. The van der Waals surface area contributed by atoms with Gasteiger partial charge in [-0.25, -0.2) is 9.18 Å². The van der Waals surface area contributed by atoms with Gasteiger partial charge in [0.05, 0.1) is 6.54 Å². The molecule has 2 rings (SSSR count). The molecule has 5 heteroatoms. The summed E-state index contributed by atoms with van der Waals surface area (Å²) in [6.45, 7) is -0.348. The van der Waals surface area contributed by atoms with Crippen LogP contribution in [0.5, 0.6) is 0 Å². The minimum absolute atomic E-state index is 0.286. The molecule has 1 saturated heterocycles. The lowest BCUT2D eigenvalue weighted by Gasteiger charge is -2.12. The first kappa shape index (κ1) is 11.3. The Bertz CT molecular complexity index is 382. The zero-order valence-corrected chi connectivity index (χ0v) is 9.67. The summed E-state index contributed by atoms with van der Waals surface area (Å²) in [6.07, 6.45) is 0.880. The molecule has 1 fully saturated rings. The van der Waals surface area contributed by atoms with Gasteiger partial charge in [-0.15, -0.1) is 11.8 Å². The minimum atomic E-state index is -0.634. The summed E-state index contributed by atoms with van der Waals surface area (Å²) < 4.78 is 17.2. The van der Waals surface area contributed by atoms with Gasteiger partial charge in [-0.05, 0) is 30.5 Å². The zero-order valence-electron chi connectivity index (χ0n) is 8.85. The van der Waals surface area contributed by atoms with Crippen molar-refractivity contribution in [1.29, 1.82) is 0 Å². The number of benzene rings is 1. The SMILES string of the molecule is CSc1ccc(N2CC(CF)OC2=O)cc1. The molecule has 1 aromatic carbocycles. The van der Waals surface area contributed by atoms with Crippen molar-refractivity contribution in [2.24, 2.45) is 0 Å². The molecule has 0 aromatic heterocycles. The molecule has 0 aliphatic carbocycles. The van der Waals surface area contributed by atoms with E-state index >= 15 is 0 Å². The molecule has 0 spiro atoms. The zero-order chi connectivity index (χ0) is 11.5. The van der Waals surface area contributed by atoms with Crippen LogP contribution in [0.25, 0.3) is 0 Å². The van der Waals surface area contributed by atoms with Crippen molar-refractivity contribution in [1.82, 2.24) is 0 Å². The van der Waals surface area contributed by atoms with Crippen LogP contribution in [0.1, 0.15) is 0 Å². The van der Waals surface area contributed by atoms with Crippen molar-refractivity contribution in [2.75, 3.05) is 24.4 Å². The third-order valence-electron chi connectivity index (χ3n) is 2.43. The molecule has 0 radical (unpaired) electrons. The van der Waals surface area contributed by atoms with Gasteiger partial charge >= 0.3 is 6.09 Å². The number of thioether (sulfide) groups is 1. The van der Waals surface area contributed by atoms with Crippen LogP contribution < -0.4 is 4.90 Å². The summed E-state index contributed by atoms with van der Waals surface area (Å²) in [5.41, 5.74) is 0.749. The van der Waals surface area contributed by atoms with Crippen LogP contribution in [0, 0.1) is 0 Å². The van der Waals surface area contributed by atoms with Gasteiger partial charge in [0, 0.05) is 10.6 Å². The van der Waals surface area contributed by atoms with E-state index in [9.17, 15) is 9.18 Å². The minimum Gasteiger partial charge on any atom is -0.441 e. The Labute approximate surface area is 97.6 Å². The van der Waals surface area contributed by atoms with E-state index in [1.54, 1.807) is 11.8 Å². The summed E-state index contributed by atoms with van der Waals surface area (Å²) in [6, 6.07) is 7.54. The molecule has 1 aliphatic heterocycles. The number of halogens is 1. The van der Waals surface area contributed by atoms with Crippen molar-refractivity contribution in [2.45, 2.75) is 11.0 Å². The number of alkyl halides is 1. The smallest absolute Gasteiger partial charge is 0.414 e. The molecular weight excluding hydrogens is 229 g/mol. The molecule has 0 saturated carbocycles. The van der Waals surface area contributed by atoms with Gasteiger partial charge in [0.2, 0.25) is 0 Å². The van der Waals surface area contributed by atoms with Crippen LogP contribution in [0.4, 0.5) is 14.9 Å². The predicted molar refractivity (Wildman–Crippen MR) is 61.8 cm³/mol. The predicted octanol–water partition coefficient (Wildman–Crippen LogP) is 2.70. The third kappa shape index (κ3) is 2.14. The third-order valence-corrected chi connectivity index (χ3v) is 3.17. The summed E-state index contributed by atoms with van der Waals surface area (Å²) in [5, 5.41) is 0. The maximum absolute atomic E-state index is 12.4. The van der Waals surface area contributed by atoms with E-state index in [0.717, 1.165) is 10.6 Å². The number of hydrogen-bond donors (Lipinski definition) is 0. The van der Waals surface area contributed by atoms with E-state index in [1.807, 2.05) is 30.5 Å². The molecular formula is C11H12FNO2S. The van der Waals surface area contributed by atoms with Crippen LogP contribution in [-0.2, 0) is 4.74 Å². The second kappa shape index (κ2) is 4.74. The Balaban J connectivity index is 2.15. The highest BCUT2D eigenvalue weighted by atomic mass is 32.2. The lowest BCUT2D eigenvalue weighted by molar-refractivity contribution is 0.124. The normalized spacial score (nSPS) is 20.0. The number of rotatable bonds is 3. The molecule has 1 amide bonds. The number of carbonyl (C=O) groups excluding carboxylic acids is 1. The van der Waals surface area contributed by atoms with Gasteiger partial charge in [-0.2, -0.15) is 0 Å². The van der Waals surface area contributed by atoms with E-state index < -0.39 is 18.9 Å². The van der Waals surface area contributed by atoms with Crippen molar-refractivity contribution >= 4 is 23.5 Å². The number of carbonyl (C=O) groups is 1. The van der Waals surface area contributed by atoms with E-state index in [-0.39, 0.29) is 6.54 Å². The van der Waals surface area contributed by atoms with Crippen LogP contribution >= 0.6 is 11.8 Å². The van der Waals surface area contributed by atoms with Gasteiger partial charge < -0.3 is 4.74 Å². The maximum Gasteiger partial charge on any atom is 0.414 e. The first-order chi connectivity index (χ1) is 7.74. The van der Waals surface area contributed by atoms with Gasteiger partial charge in [-0.3, -0.25) is 4.90 Å². The fourth-order valence-corrected chi connectivity index (χ4v) is 1.98. The molecule has 16 heavy (non-hydrogen) atoms. The van der Waals surface area contributed by atoms with Crippen LogP contribution in [-0.4, -0.2) is 31.7 Å². The van der Waals surface area contributed by atoms with Crippen LogP contribution in [0.2, 0.25) is 0 Å². The van der Waals surface area contributed by atoms with E-state index in [2.05, 4.69) is 0 Å². The topological polar surface area (TPSA) is 29.5 Å². The summed E-state index contributed by atoms with van der Waals surface area (Å²) in [5.74, 6) is 0. The molecule has 0 bridgehead atoms. The highest BCUT2D eigenvalue weighted by molar-refractivity contribution is 7.98. The second-order valence-electron chi connectivity index (χ2n) is 3.47. The van der Waals surface area contributed by atoms with E-state index in [4.69, 9.17) is 4.74 Å². The van der Waals surface area contributed by atoms with Gasteiger partial charge in [-0.1, -0.05) is 0 Å². The van der Waals surface area contributed by atoms with Gasteiger partial charge in [0.1, 0.15) is 12.8 Å². The fourth-order valence-electron chi connectivity index (χ4n) is 1.57. The van der Waals surface area contributed by atoms with Crippen molar-refractivity contribution in [3.63, 3.8) is 0 Å². The first-order valence-electron chi connectivity index (χ1n) is 4.92. The molecule has 1 heterocycles. The summed E-state index contributed by atoms with van der Waals surface area (Å²) >= 11 is 1.63. The summed E-state index contributed by atoms with van der Waals surface area (Å²) in [4.78, 5) is 14.0. The standard InChI is InChI=1S/C11H12FNO2S/c1-16-10-4-2-8(3-5-10)13-7-9(6-12)15-11(13)14/h2-5,9H,6-7H2,1H3. The number of cyclic esters (lactones) is 1. The Morgan fingerprint density at radius 3 is 2.69 bits per heavy atom. The van der Waals surface area contributed by atoms with E-state index in [1.165, 1.54) is 4.90 Å². The molecule has 1 aromatic rings. The highest BCUT2D eigenvalue weighted by Gasteiger charge is 2.32. The molecule has 3 nitrogen and oxygen atoms in total. The molecule has 1 atom stereocenters. The van der Waals surface area contributed by atoms with Crippen LogP contribution in [0.15, 0.2) is 29.2 Å². The average Bonchev–Trinajstić information content (AvgIpc) is 2.71.